The number of hydrogen-bond acceptors (Lipinski definition) is 6. The van der Waals surface area contributed by atoms with Crippen molar-refractivity contribution in [3.8, 4) is 11.3 Å². The lowest BCUT2D eigenvalue weighted by atomic mass is 9.97. The van der Waals surface area contributed by atoms with E-state index < -0.39 is 36.3 Å². The summed E-state index contributed by atoms with van der Waals surface area (Å²) in [6.45, 7) is -0.622. The van der Waals surface area contributed by atoms with Crippen LogP contribution < -0.4 is 11.3 Å². The number of ether oxygens (including phenoxy) is 1. The molecule has 1 fully saturated rings. The third-order valence-electron chi connectivity index (χ3n) is 3.72. The highest BCUT2D eigenvalue weighted by molar-refractivity contribution is 6.30. The maximum absolute atomic E-state index is 15.2. The standard InChI is InChI=1S/C13H12ClFN4O4/c14-3-2-13(15)8(21)7(5-20)23-11(13)19-4-1-6-9(19)17-12(16)18-10(6)22/h1,4,7-8,11,20-21H,5H2,(H3,16,17,18,22)/t7-,8+,11-,13?/m1/s1. The van der Waals surface area contributed by atoms with Gasteiger partial charge in [-0.3, -0.25) is 9.78 Å². The molecule has 0 radical (unpaired) electrons. The minimum absolute atomic E-state index is 0.0560. The van der Waals surface area contributed by atoms with Crippen molar-refractivity contribution in [3.63, 3.8) is 0 Å². The van der Waals surface area contributed by atoms with Crippen molar-refractivity contribution >= 4 is 28.6 Å². The molecule has 122 valence electrons. The van der Waals surface area contributed by atoms with Crippen LogP contribution in [-0.4, -0.2) is 49.2 Å². The predicted molar refractivity (Wildman–Crippen MR) is 79.2 cm³/mol. The third-order valence-corrected chi connectivity index (χ3v) is 3.81. The van der Waals surface area contributed by atoms with E-state index >= 15 is 4.39 Å². The lowest BCUT2D eigenvalue weighted by Crippen LogP contribution is -2.42. The highest BCUT2D eigenvalue weighted by Gasteiger charge is 2.57. The number of aromatic nitrogens is 3. The van der Waals surface area contributed by atoms with Crippen LogP contribution in [0.1, 0.15) is 6.23 Å². The number of anilines is 1. The van der Waals surface area contributed by atoms with Crippen molar-refractivity contribution < 1.29 is 19.3 Å². The number of aromatic amines is 1. The molecule has 8 nitrogen and oxygen atoms in total. The first kappa shape index (κ1) is 15.8. The number of fused-ring (bicyclic) bond motifs is 1. The van der Waals surface area contributed by atoms with E-state index in [2.05, 4.69) is 15.9 Å². The van der Waals surface area contributed by atoms with E-state index in [9.17, 15) is 15.0 Å². The number of aliphatic hydroxyl groups is 2. The summed E-state index contributed by atoms with van der Waals surface area (Å²) in [5.74, 6) is 1.90. The Kier molecular flexibility index (Phi) is 3.77. The third kappa shape index (κ3) is 2.27. The molecule has 1 unspecified atom stereocenters. The Morgan fingerprint density at radius 1 is 1.65 bits per heavy atom. The monoisotopic (exact) mass is 342 g/mol. The van der Waals surface area contributed by atoms with Crippen LogP contribution in [0.15, 0.2) is 17.1 Å². The Morgan fingerprint density at radius 2 is 2.39 bits per heavy atom. The minimum Gasteiger partial charge on any atom is -0.394 e. The summed E-state index contributed by atoms with van der Waals surface area (Å²) in [7, 11) is 0. The van der Waals surface area contributed by atoms with Crippen molar-refractivity contribution in [2.75, 3.05) is 12.3 Å². The van der Waals surface area contributed by atoms with Crippen LogP contribution in [0.2, 0.25) is 0 Å². The number of hydrogen-bond donors (Lipinski definition) is 4. The molecule has 0 aliphatic carbocycles. The van der Waals surface area contributed by atoms with Gasteiger partial charge in [0.1, 0.15) is 12.2 Å². The second-order valence-corrected chi connectivity index (χ2v) is 5.24. The summed E-state index contributed by atoms with van der Waals surface area (Å²) in [5.41, 5.74) is 2.46. The fraction of sp³-hybridized carbons (Fsp3) is 0.385. The normalized spacial score (nSPS) is 30.3. The van der Waals surface area contributed by atoms with Crippen molar-refractivity contribution in [1.29, 1.82) is 0 Å². The first-order chi connectivity index (χ1) is 10.9. The highest BCUT2D eigenvalue weighted by Crippen LogP contribution is 2.42. The van der Waals surface area contributed by atoms with Gasteiger partial charge in [-0.05, 0) is 23.6 Å². The molecule has 10 heteroatoms. The van der Waals surface area contributed by atoms with Gasteiger partial charge >= 0.3 is 0 Å². The van der Waals surface area contributed by atoms with Gasteiger partial charge < -0.3 is 25.3 Å². The largest absolute Gasteiger partial charge is 0.394 e. The molecule has 3 heterocycles. The molecule has 0 bridgehead atoms. The van der Waals surface area contributed by atoms with E-state index in [1.807, 2.05) is 5.38 Å². The summed E-state index contributed by atoms with van der Waals surface area (Å²) in [4.78, 5) is 18.1. The zero-order valence-corrected chi connectivity index (χ0v) is 12.3. The molecule has 0 saturated carbocycles. The number of aliphatic hydroxyl groups excluding tert-OH is 2. The van der Waals surface area contributed by atoms with Gasteiger partial charge in [-0.15, -0.1) is 0 Å². The average molecular weight is 343 g/mol. The van der Waals surface area contributed by atoms with E-state index in [0.29, 0.717) is 0 Å². The molecule has 0 amide bonds. The first-order valence-corrected chi connectivity index (χ1v) is 6.92. The maximum Gasteiger partial charge on any atom is 0.261 e. The lowest BCUT2D eigenvalue weighted by molar-refractivity contribution is -0.0501. The van der Waals surface area contributed by atoms with Gasteiger partial charge in [0, 0.05) is 11.6 Å². The highest BCUT2D eigenvalue weighted by atomic mass is 35.5. The molecule has 1 aliphatic rings. The molecule has 0 aromatic carbocycles. The van der Waals surface area contributed by atoms with Crippen LogP contribution in [0.5, 0.6) is 0 Å². The predicted octanol–water partition coefficient (Wildman–Crippen LogP) is -0.535. The van der Waals surface area contributed by atoms with Crippen LogP contribution in [0.4, 0.5) is 10.3 Å². The van der Waals surface area contributed by atoms with E-state index in [-0.39, 0.29) is 17.0 Å². The molecule has 2 aromatic rings. The van der Waals surface area contributed by atoms with Crippen LogP contribution in [0.3, 0.4) is 0 Å². The second kappa shape index (κ2) is 5.50. The van der Waals surface area contributed by atoms with Crippen LogP contribution >= 0.6 is 11.6 Å². The molecule has 3 rings (SSSR count). The molecule has 23 heavy (non-hydrogen) atoms. The van der Waals surface area contributed by atoms with Gasteiger partial charge in [-0.2, -0.15) is 4.98 Å². The van der Waals surface area contributed by atoms with Gasteiger partial charge in [0.15, 0.2) is 11.9 Å². The minimum atomic E-state index is -2.60. The number of nitrogens with two attached hydrogens (primary N) is 1. The van der Waals surface area contributed by atoms with E-state index in [1.165, 1.54) is 16.8 Å². The van der Waals surface area contributed by atoms with E-state index in [0.717, 1.165) is 0 Å². The van der Waals surface area contributed by atoms with Crippen LogP contribution in [0.25, 0.3) is 11.0 Å². The number of alkyl halides is 1. The van der Waals surface area contributed by atoms with Gasteiger partial charge in [0.25, 0.3) is 5.56 Å². The molecular formula is C13H12ClFN4O4. The average Bonchev–Trinajstić information content (AvgIpc) is 3.01. The Hall–Kier alpha value is -2.12. The van der Waals surface area contributed by atoms with Crippen molar-refractivity contribution in [1.82, 2.24) is 14.5 Å². The number of H-pyrrole nitrogens is 1. The summed E-state index contributed by atoms with van der Waals surface area (Å²) in [6.07, 6.45) is -3.06. The van der Waals surface area contributed by atoms with E-state index in [4.69, 9.17) is 22.1 Å². The number of nitrogen functional groups attached to an aromatic ring is 1. The number of halogens is 2. The van der Waals surface area contributed by atoms with Crippen LogP contribution in [-0.2, 0) is 4.74 Å². The summed E-state index contributed by atoms with van der Waals surface area (Å²) in [6, 6.07) is 1.40. The molecule has 0 spiro atoms. The topological polar surface area (TPSA) is 126 Å². The Labute approximate surface area is 133 Å². The van der Waals surface area contributed by atoms with Crippen molar-refractivity contribution in [2.24, 2.45) is 0 Å². The van der Waals surface area contributed by atoms with Crippen LogP contribution in [0, 0.1) is 11.3 Å². The summed E-state index contributed by atoms with van der Waals surface area (Å²) >= 11 is 5.29. The smallest absolute Gasteiger partial charge is 0.261 e. The fourth-order valence-electron chi connectivity index (χ4n) is 2.62. The Balaban J connectivity index is 2.20. The quantitative estimate of drug-likeness (QED) is 0.543. The Morgan fingerprint density at radius 3 is 3.04 bits per heavy atom. The summed E-state index contributed by atoms with van der Waals surface area (Å²) in [5, 5.41) is 21.3. The molecule has 4 atom stereocenters. The van der Waals surface area contributed by atoms with Crippen molar-refractivity contribution in [3.05, 3.63) is 22.6 Å². The molecule has 5 N–H and O–H groups in total. The fourth-order valence-corrected chi connectivity index (χ4v) is 2.77. The van der Waals surface area contributed by atoms with Gasteiger partial charge in [-0.25, -0.2) is 4.39 Å². The summed E-state index contributed by atoms with van der Waals surface area (Å²) < 4.78 is 21.7. The maximum atomic E-state index is 15.2. The zero-order chi connectivity index (χ0) is 16.8. The SMILES string of the molecule is Nc1nc2c(ccn2[C@@H]2O[C@H](CO)[C@H](O)C2(F)C#CCl)c(=O)[nH]1. The van der Waals surface area contributed by atoms with E-state index in [1.54, 1.807) is 0 Å². The van der Waals surface area contributed by atoms with Gasteiger partial charge in [0.05, 0.1) is 12.0 Å². The number of nitrogens with zero attached hydrogens (tertiary/aromatic N) is 2. The second-order valence-electron chi connectivity index (χ2n) is 5.05. The molecule has 1 saturated heterocycles. The first-order valence-electron chi connectivity index (χ1n) is 6.54. The zero-order valence-electron chi connectivity index (χ0n) is 11.5. The molecule has 1 aliphatic heterocycles. The van der Waals surface area contributed by atoms with Gasteiger partial charge in [-0.1, -0.05) is 0 Å². The van der Waals surface area contributed by atoms with Crippen molar-refractivity contribution in [2.45, 2.75) is 24.1 Å². The molecule has 2 aromatic heterocycles. The number of nitrogens with one attached hydrogen (secondary N) is 1. The lowest BCUT2D eigenvalue weighted by Gasteiger charge is -2.24. The molecular weight excluding hydrogens is 331 g/mol. The Bertz CT molecular complexity index is 872. The van der Waals surface area contributed by atoms with Gasteiger partial charge in [0.2, 0.25) is 11.6 Å². The number of rotatable bonds is 2.